The van der Waals surface area contributed by atoms with Gasteiger partial charge in [-0.25, -0.2) is 8.42 Å². The van der Waals surface area contributed by atoms with Crippen LogP contribution in [0.1, 0.15) is 24.7 Å². The molecule has 168 valence electrons. The third-order valence-corrected chi connectivity index (χ3v) is 7.71. The smallest absolute Gasteiger partial charge is 0.243 e. The van der Waals surface area contributed by atoms with Gasteiger partial charge < -0.3 is 14.1 Å². The number of aryl methyl sites for hydroxylation is 1. The Morgan fingerprint density at radius 2 is 1.97 bits per heavy atom. The maximum Gasteiger partial charge on any atom is 0.243 e. The number of carbonyl (C=O) groups excluding carboxylic acids is 1. The van der Waals surface area contributed by atoms with E-state index in [1.165, 1.54) is 11.2 Å². The van der Waals surface area contributed by atoms with E-state index in [4.69, 9.17) is 9.15 Å². The third-order valence-electron chi connectivity index (χ3n) is 5.87. The van der Waals surface area contributed by atoms with Crippen molar-refractivity contribution in [2.45, 2.75) is 31.2 Å². The molecule has 2 aliphatic heterocycles. The highest BCUT2D eigenvalue weighted by atomic mass is 32.2. The molecule has 2 aliphatic rings. The van der Waals surface area contributed by atoms with Gasteiger partial charge in [0.1, 0.15) is 5.76 Å². The molecule has 0 aliphatic carbocycles. The molecule has 1 aromatic heterocycles. The van der Waals surface area contributed by atoms with Crippen LogP contribution in [-0.2, 0) is 32.5 Å². The molecule has 0 N–H and O–H groups in total. The third kappa shape index (κ3) is 5.01. The van der Waals surface area contributed by atoms with Gasteiger partial charge in [-0.15, -0.1) is 0 Å². The van der Waals surface area contributed by atoms with Gasteiger partial charge >= 0.3 is 0 Å². The molecule has 31 heavy (non-hydrogen) atoms. The Bertz CT molecular complexity index is 1000. The first-order chi connectivity index (χ1) is 14.9. The summed E-state index contributed by atoms with van der Waals surface area (Å²) in [4.78, 5) is 16.1. The number of hydrogen-bond donors (Lipinski definition) is 0. The fourth-order valence-corrected chi connectivity index (χ4v) is 5.60. The van der Waals surface area contributed by atoms with Gasteiger partial charge in [0.15, 0.2) is 0 Å². The second-order valence-electron chi connectivity index (χ2n) is 7.94. The fourth-order valence-electron chi connectivity index (χ4n) is 4.15. The van der Waals surface area contributed by atoms with Gasteiger partial charge in [0.25, 0.3) is 0 Å². The SMILES string of the molecule is CC(=O)N1CCCc2cc(S(=O)(=O)N(CCN3CCOCC3)Cc3ccco3)ccc21. The largest absolute Gasteiger partial charge is 0.468 e. The molecular weight excluding hydrogens is 418 g/mol. The lowest BCUT2D eigenvalue weighted by Crippen LogP contribution is -2.42. The fraction of sp³-hybridized carbons (Fsp3) is 0.500. The summed E-state index contributed by atoms with van der Waals surface area (Å²) in [7, 11) is -3.74. The zero-order valence-corrected chi connectivity index (χ0v) is 18.6. The van der Waals surface area contributed by atoms with Gasteiger partial charge in [0.2, 0.25) is 15.9 Å². The molecule has 8 nitrogen and oxygen atoms in total. The van der Waals surface area contributed by atoms with Gasteiger partial charge in [0.05, 0.1) is 30.9 Å². The first-order valence-corrected chi connectivity index (χ1v) is 12.1. The van der Waals surface area contributed by atoms with Crippen LogP contribution in [0.2, 0.25) is 0 Å². The molecular formula is C22H29N3O5S. The Morgan fingerprint density at radius 3 is 2.68 bits per heavy atom. The number of rotatable bonds is 7. The van der Waals surface area contributed by atoms with E-state index in [1.54, 1.807) is 41.5 Å². The highest BCUT2D eigenvalue weighted by Crippen LogP contribution is 2.31. The molecule has 1 amide bonds. The van der Waals surface area contributed by atoms with Gasteiger partial charge in [0, 0.05) is 45.3 Å². The number of fused-ring (bicyclic) bond motifs is 1. The van der Waals surface area contributed by atoms with Gasteiger partial charge in [-0.05, 0) is 48.7 Å². The first kappa shape index (κ1) is 22.0. The van der Waals surface area contributed by atoms with E-state index < -0.39 is 10.0 Å². The van der Waals surface area contributed by atoms with Crippen molar-refractivity contribution >= 4 is 21.6 Å². The molecule has 2 aromatic rings. The molecule has 0 spiro atoms. The average molecular weight is 448 g/mol. The van der Waals surface area contributed by atoms with Crippen molar-refractivity contribution in [1.29, 1.82) is 0 Å². The zero-order valence-electron chi connectivity index (χ0n) is 17.8. The molecule has 9 heteroatoms. The van der Waals surface area contributed by atoms with Gasteiger partial charge in [-0.3, -0.25) is 9.69 Å². The van der Waals surface area contributed by atoms with Crippen molar-refractivity contribution in [2.75, 3.05) is 50.8 Å². The van der Waals surface area contributed by atoms with E-state index in [0.29, 0.717) is 38.6 Å². The molecule has 0 bridgehead atoms. The van der Waals surface area contributed by atoms with Crippen molar-refractivity contribution in [3.8, 4) is 0 Å². The number of hydrogen-bond acceptors (Lipinski definition) is 6. The van der Waals surface area contributed by atoms with Crippen LogP contribution in [-0.4, -0.2) is 69.5 Å². The Morgan fingerprint density at radius 1 is 1.16 bits per heavy atom. The van der Waals surface area contributed by atoms with Crippen LogP contribution >= 0.6 is 0 Å². The van der Waals surface area contributed by atoms with E-state index in [-0.39, 0.29) is 17.3 Å². The summed E-state index contributed by atoms with van der Waals surface area (Å²) in [5, 5.41) is 0. The minimum absolute atomic E-state index is 0.0264. The number of furan rings is 1. The lowest BCUT2D eigenvalue weighted by molar-refractivity contribution is -0.116. The standard InChI is InChI=1S/C22H29N3O5S/c1-18(26)25-8-2-4-19-16-21(6-7-22(19)25)31(27,28)24(17-20-5-3-13-30-20)10-9-23-11-14-29-15-12-23/h3,5-7,13,16H,2,4,8-12,14-15,17H2,1H3. The van der Waals surface area contributed by atoms with Crippen LogP contribution in [0.4, 0.5) is 5.69 Å². The van der Waals surface area contributed by atoms with E-state index in [1.807, 2.05) is 0 Å². The van der Waals surface area contributed by atoms with Crippen molar-refractivity contribution in [3.05, 3.63) is 47.9 Å². The molecule has 0 radical (unpaired) electrons. The quantitative estimate of drug-likeness (QED) is 0.647. The van der Waals surface area contributed by atoms with Gasteiger partial charge in [-0.2, -0.15) is 4.31 Å². The van der Waals surface area contributed by atoms with Crippen LogP contribution in [0.15, 0.2) is 45.9 Å². The van der Waals surface area contributed by atoms with Crippen molar-refractivity contribution in [3.63, 3.8) is 0 Å². The maximum atomic E-state index is 13.6. The van der Waals surface area contributed by atoms with Crippen molar-refractivity contribution in [2.24, 2.45) is 0 Å². The minimum atomic E-state index is -3.74. The monoisotopic (exact) mass is 447 g/mol. The predicted molar refractivity (Wildman–Crippen MR) is 116 cm³/mol. The molecule has 1 aromatic carbocycles. The Hall–Kier alpha value is -2.20. The van der Waals surface area contributed by atoms with Gasteiger partial charge in [-0.1, -0.05) is 0 Å². The Labute approximate surface area is 183 Å². The second-order valence-corrected chi connectivity index (χ2v) is 9.87. The normalized spacial score (nSPS) is 17.7. The number of morpholine rings is 1. The van der Waals surface area contributed by atoms with Crippen LogP contribution in [0.25, 0.3) is 0 Å². The maximum absolute atomic E-state index is 13.6. The molecule has 4 rings (SSSR count). The summed E-state index contributed by atoms with van der Waals surface area (Å²) in [5.74, 6) is 0.577. The van der Waals surface area contributed by atoms with Crippen LogP contribution < -0.4 is 4.90 Å². The van der Waals surface area contributed by atoms with E-state index in [0.717, 1.165) is 37.2 Å². The number of benzene rings is 1. The van der Waals surface area contributed by atoms with E-state index in [2.05, 4.69) is 4.90 Å². The summed E-state index contributed by atoms with van der Waals surface area (Å²) in [5.41, 5.74) is 1.71. The first-order valence-electron chi connectivity index (χ1n) is 10.7. The van der Waals surface area contributed by atoms with Crippen molar-refractivity contribution < 1.29 is 22.4 Å². The summed E-state index contributed by atoms with van der Waals surface area (Å²) >= 11 is 0. The van der Waals surface area contributed by atoms with E-state index in [9.17, 15) is 13.2 Å². The number of amides is 1. The van der Waals surface area contributed by atoms with Crippen LogP contribution in [0.3, 0.4) is 0 Å². The summed E-state index contributed by atoms with van der Waals surface area (Å²) in [6.07, 6.45) is 3.13. The second kappa shape index (κ2) is 9.52. The number of sulfonamides is 1. The predicted octanol–water partition coefficient (Wildman–Crippen LogP) is 2.10. The number of anilines is 1. The average Bonchev–Trinajstić information content (AvgIpc) is 3.29. The van der Waals surface area contributed by atoms with Crippen molar-refractivity contribution in [1.82, 2.24) is 9.21 Å². The lowest BCUT2D eigenvalue weighted by atomic mass is 10.0. The number of ether oxygens (including phenoxy) is 1. The number of nitrogens with zero attached hydrogens (tertiary/aromatic N) is 3. The summed E-state index contributed by atoms with van der Waals surface area (Å²) in [6.45, 7) is 6.31. The summed E-state index contributed by atoms with van der Waals surface area (Å²) < 4.78 is 39.5. The Kier molecular flexibility index (Phi) is 6.76. The molecule has 1 fully saturated rings. The molecule has 0 saturated carbocycles. The molecule has 3 heterocycles. The minimum Gasteiger partial charge on any atom is -0.468 e. The lowest BCUT2D eigenvalue weighted by Gasteiger charge is -2.31. The molecule has 1 saturated heterocycles. The topological polar surface area (TPSA) is 83.3 Å². The van der Waals surface area contributed by atoms with Crippen LogP contribution in [0.5, 0.6) is 0 Å². The summed E-state index contributed by atoms with van der Waals surface area (Å²) in [6, 6.07) is 8.64. The zero-order chi connectivity index (χ0) is 21.8. The van der Waals surface area contributed by atoms with E-state index >= 15 is 0 Å². The molecule has 0 atom stereocenters. The number of carbonyl (C=O) groups is 1. The highest BCUT2D eigenvalue weighted by molar-refractivity contribution is 7.89. The van der Waals surface area contributed by atoms with Crippen LogP contribution in [0, 0.1) is 0 Å². The molecule has 0 unspecified atom stereocenters. The highest BCUT2D eigenvalue weighted by Gasteiger charge is 2.29. The Balaban J connectivity index is 1.59.